The van der Waals surface area contributed by atoms with E-state index >= 15 is 0 Å². The predicted octanol–water partition coefficient (Wildman–Crippen LogP) is 6.67. The van der Waals surface area contributed by atoms with Gasteiger partial charge in [-0.2, -0.15) is 0 Å². The van der Waals surface area contributed by atoms with E-state index in [0.717, 1.165) is 43.5 Å². The molecule has 4 aromatic rings. The van der Waals surface area contributed by atoms with E-state index in [-0.39, 0.29) is 12.0 Å². The highest BCUT2D eigenvalue weighted by Gasteiger charge is 2.30. The third-order valence-corrected chi connectivity index (χ3v) is 9.11. The summed E-state index contributed by atoms with van der Waals surface area (Å²) in [4.78, 5) is 33.5. The Labute approximate surface area is 217 Å². The van der Waals surface area contributed by atoms with E-state index in [9.17, 15) is 9.59 Å². The second kappa shape index (κ2) is 9.67. The molecule has 0 spiro atoms. The van der Waals surface area contributed by atoms with Gasteiger partial charge in [-0.1, -0.05) is 18.2 Å². The number of amides is 2. The average molecular weight is 518 g/mol. The van der Waals surface area contributed by atoms with E-state index in [0.29, 0.717) is 31.7 Å². The number of carbonyl (C=O) groups is 2. The molecule has 6 nitrogen and oxygen atoms in total. The molecule has 184 valence electrons. The van der Waals surface area contributed by atoms with Crippen LogP contribution in [0.2, 0.25) is 0 Å². The molecule has 2 amide bonds. The number of carbonyl (C=O) groups excluding carboxylic acids is 2. The molecule has 0 unspecified atom stereocenters. The molecule has 0 saturated carbocycles. The van der Waals surface area contributed by atoms with Gasteiger partial charge in [-0.05, 0) is 80.0 Å². The van der Waals surface area contributed by atoms with Gasteiger partial charge in [0.05, 0.1) is 23.4 Å². The smallest absolute Gasteiger partial charge is 0.410 e. The number of hydrogen-bond donors (Lipinski definition) is 1. The number of nitrogens with one attached hydrogen (secondary N) is 1. The maximum Gasteiger partial charge on any atom is 0.410 e. The van der Waals surface area contributed by atoms with Gasteiger partial charge < -0.3 is 15.0 Å². The lowest BCUT2D eigenvalue weighted by molar-refractivity contribution is 0.102. The lowest BCUT2D eigenvalue weighted by Gasteiger charge is -2.26. The second-order valence-electron chi connectivity index (χ2n) is 9.21. The zero-order valence-corrected chi connectivity index (χ0v) is 21.8. The van der Waals surface area contributed by atoms with Crippen LogP contribution < -0.4 is 5.32 Å². The summed E-state index contributed by atoms with van der Waals surface area (Å²) >= 11 is 3.18. The minimum atomic E-state index is -0.294. The van der Waals surface area contributed by atoms with Gasteiger partial charge in [-0.25, -0.2) is 9.78 Å². The number of anilines is 1. The van der Waals surface area contributed by atoms with Gasteiger partial charge in [0, 0.05) is 22.5 Å². The largest absolute Gasteiger partial charge is 0.450 e. The Morgan fingerprint density at radius 2 is 1.89 bits per heavy atom. The van der Waals surface area contributed by atoms with Gasteiger partial charge in [0.1, 0.15) is 10.0 Å². The van der Waals surface area contributed by atoms with Crippen molar-refractivity contribution in [2.75, 3.05) is 18.5 Å². The zero-order valence-electron chi connectivity index (χ0n) is 20.1. The summed E-state index contributed by atoms with van der Waals surface area (Å²) in [5.74, 6) is -0.105. The van der Waals surface area contributed by atoms with Crippen LogP contribution in [0.5, 0.6) is 0 Å². The topological polar surface area (TPSA) is 71.5 Å². The van der Waals surface area contributed by atoms with Crippen molar-refractivity contribution in [2.45, 2.75) is 45.6 Å². The van der Waals surface area contributed by atoms with Gasteiger partial charge in [0.2, 0.25) is 0 Å². The highest BCUT2D eigenvalue weighted by molar-refractivity contribution is 7.23. The number of thiophene rings is 1. The Bertz CT molecular complexity index is 1440. The maximum absolute atomic E-state index is 13.4. The van der Waals surface area contributed by atoms with Crippen LogP contribution in [0.3, 0.4) is 0 Å². The highest BCUT2D eigenvalue weighted by Crippen LogP contribution is 2.46. The third-order valence-electron chi connectivity index (χ3n) is 6.93. The summed E-state index contributed by atoms with van der Waals surface area (Å²) in [7, 11) is 0. The van der Waals surface area contributed by atoms with E-state index in [1.165, 1.54) is 29.5 Å². The lowest BCUT2D eigenvalue weighted by atomic mass is 9.90. The van der Waals surface area contributed by atoms with Crippen LogP contribution >= 0.6 is 22.7 Å². The fourth-order valence-electron chi connectivity index (χ4n) is 5.12. The summed E-state index contributed by atoms with van der Waals surface area (Å²) in [6, 6.07) is 14.2. The molecule has 1 N–H and O–H groups in total. The summed E-state index contributed by atoms with van der Waals surface area (Å²) < 4.78 is 6.35. The van der Waals surface area contributed by atoms with Gasteiger partial charge in [-0.15, -0.1) is 22.7 Å². The molecule has 1 aliphatic carbocycles. The normalized spacial score (nSPS) is 14.9. The van der Waals surface area contributed by atoms with Gasteiger partial charge >= 0.3 is 6.09 Å². The first-order valence-electron chi connectivity index (χ1n) is 12.5. The molecule has 2 aliphatic rings. The molecule has 0 saturated heterocycles. The molecule has 8 heteroatoms. The Hall–Kier alpha value is -3.23. The van der Waals surface area contributed by atoms with E-state index in [2.05, 4.69) is 23.5 Å². The van der Waals surface area contributed by atoms with Crippen LogP contribution in [0.15, 0.2) is 42.5 Å². The SMILES string of the molecule is CCOC(=O)N1CCc2c(sc(NC(=O)c3ccc4c(c3)CCCC4)c2-c2nc3ccccc3s2)C1. The van der Waals surface area contributed by atoms with Crippen LogP contribution in [-0.2, 0) is 30.5 Å². The summed E-state index contributed by atoms with van der Waals surface area (Å²) in [5, 5.41) is 4.91. The summed E-state index contributed by atoms with van der Waals surface area (Å²) in [5.41, 5.74) is 6.44. The number of aryl methyl sites for hydroxylation is 2. The van der Waals surface area contributed by atoms with Gasteiger partial charge in [-0.3, -0.25) is 4.79 Å². The van der Waals surface area contributed by atoms with Crippen molar-refractivity contribution in [3.05, 3.63) is 69.6 Å². The lowest BCUT2D eigenvalue weighted by Crippen LogP contribution is -2.35. The van der Waals surface area contributed by atoms with Crippen molar-refractivity contribution in [3.63, 3.8) is 0 Å². The molecule has 1 aliphatic heterocycles. The molecule has 0 fully saturated rings. The Balaban J connectivity index is 1.37. The van der Waals surface area contributed by atoms with Gasteiger partial charge in [0.25, 0.3) is 5.91 Å². The predicted molar refractivity (Wildman–Crippen MR) is 145 cm³/mol. The monoisotopic (exact) mass is 517 g/mol. The number of benzene rings is 2. The Morgan fingerprint density at radius 3 is 2.72 bits per heavy atom. The molecule has 0 bridgehead atoms. The van der Waals surface area contributed by atoms with Crippen LogP contribution in [0.25, 0.3) is 20.8 Å². The Morgan fingerprint density at radius 1 is 1.06 bits per heavy atom. The minimum absolute atomic E-state index is 0.105. The minimum Gasteiger partial charge on any atom is -0.450 e. The van der Waals surface area contributed by atoms with E-state index in [1.54, 1.807) is 27.6 Å². The fraction of sp³-hybridized carbons (Fsp3) is 0.321. The third kappa shape index (κ3) is 4.29. The van der Waals surface area contributed by atoms with Crippen molar-refractivity contribution in [1.82, 2.24) is 9.88 Å². The van der Waals surface area contributed by atoms with Crippen LogP contribution in [0, 0.1) is 0 Å². The van der Waals surface area contributed by atoms with Crippen molar-refractivity contribution >= 4 is 49.9 Å². The molecule has 2 aromatic heterocycles. The van der Waals surface area contributed by atoms with Crippen molar-refractivity contribution in [3.8, 4) is 10.6 Å². The molecule has 0 radical (unpaired) electrons. The number of ether oxygens (including phenoxy) is 1. The molecule has 36 heavy (non-hydrogen) atoms. The first-order chi connectivity index (χ1) is 17.6. The quantitative estimate of drug-likeness (QED) is 0.328. The molecule has 6 rings (SSSR count). The van der Waals surface area contributed by atoms with E-state index in [4.69, 9.17) is 9.72 Å². The number of thiazole rings is 1. The number of rotatable bonds is 4. The van der Waals surface area contributed by atoms with Crippen molar-refractivity contribution < 1.29 is 14.3 Å². The zero-order chi connectivity index (χ0) is 24.6. The number of aromatic nitrogens is 1. The number of hydrogen-bond acceptors (Lipinski definition) is 6. The molecular weight excluding hydrogens is 490 g/mol. The number of para-hydroxylation sites is 1. The standard InChI is InChI=1S/C28H27N3O3S2/c1-2-34-28(33)31-14-13-20-23(16-31)36-27(24(20)26-29-21-9-5-6-10-22(21)35-26)30-25(32)19-12-11-17-7-3-4-8-18(17)15-19/h5-6,9-12,15H,2-4,7-8,13-14,16H2,1H3,(H,30,32). The maximum atomic E-state index is 13.4. The second-order valence-corrected chi connectivity index (χ2v) is 11.3. The first kappa shape index (κ1) is 23.2. The molecular formula is C28H27N3O3S2. The average Bonchev–Trinajstić information content (AvgIpc) is 3.48. The van der Waals surface area contributed by atoms with Crippen LogP contribution in [-0.4, -0.2) is 35.0 Å². The van der Waals surface area contributed by atoms with E-state index in [1.807, 2.05) is 31.2 Å². The van der Waals surface area contributed by atoms with Gasteiger partial charge in [0.15, 0.2) is 0 Å². The van der Waals surface area contributed by atoms with Crippen LogP contribution in [0.1, 0.15) is 51.7 Å². The first-order valence-corrected chi connectivity index (χ1v) is 14.1. The highest BCUT2D eigenvalue weighted by atomic mass is 32.1. The molecule has 2 aromatic carbocycles. The van der Waals surface area contributed by atoms with Crippen molar-refractivity contribution in [2.24, 2.45) is 0 Å². The van der Waals surface area contributed by atoms with Crippen molar-refractivity contribution in [1.29, 1.82) is 0 Å². The summed E-state index contributed by atoms with van der Waals surface area (Å²) in [6.45, 7) is 3.23. The summed E-state index contributed by atoms with van der Waals surface area (Å²) in [6.07, 6.45) is 4.92. The molecule has 0 atom stereocenters. The Kier molecular flexibility index (Phi) is 6.23. The molecule has 3 heterocycles. The fourth-order valence-corrected chi connectivity index (χ4v) is 7.49. The number of fused-ring (bicyclic) bond motifs is 3. The van der Waals surface area contributed by atoms with E-state index < -0.39 is 0 Å². The van der Waals surface area contributed by atoms with Crippen LogP contribution in [0.4, 0.5) is 9.80 Å². The number of nitrogens with zero attached hydrogens (tertiary/aromatic N) is 2.